The molecule has 0 spiro atoms. The number of hydrogen-bond donors (Lipinski definition) is 3. The Labute approximate surface area is 599 Å². The van der Waals surface area contributed by atoms with E-state index >= 15 is 0 Å². The summed E-state index contributed by atoms with van der Waals surface area (Å²) >= 11 is 0. The van der Waals surface area contributed by atoms with Crippen LogP contribution >= 0.6 is 15.6 Å². The Balaban J connectivity index is 5.28. The molecule has 0 fully saturated rings. The minimum Gasteiger partial charge on any atom is -0.462 e. The number of hydrogen-bond acceptors (Lipinski definition) is 15. The fourth-order valence-electron chi connectivity index (χ4n) is 11.7. The number of aliphatic hydroxyl groups is 1. The summed E-state index contributed by atoms with van der Waals surface area (Å²) in [5.41, 5.74) is 0. The van der Waals surface area contributed by atoms with E-state index in [1.807, 2.05) is 0 Å². The molecule has 0 aliphatic carbocycles. The van der Waals surface area contributed by atoms with Gasteiger partial charge in [-0.1, -0.05) is 347 Å². The fraction of sp³-hybridized carbons (Fsp3) is 0.899. The Morgan fingerprint density at radius 1 is 0.286 bits per heavy atom. The van der Waals surface area contributed by atoms with Gasteiger partial charge in [-0.05, 0) is 51.4 Å². The van der Waals surface area contributed by atoms with Gasteiger partial charge in [0.15, 0.2) is 12.2 Å². The van der Waals surface area contributed by atoms with E-state index in [2.05, 4.69) is 52.0 Å². The summed E-state index contributed by atoms with van der Waals surface area (Å²) in [6, 6.07) is 0. The number of allylic oxidation sites excluding steroid dienone is 4. The number of phosphoric ester groups is 2. The first kappa shape index (κ1) is 95.5. The van der Waals surface area contributed by atoms with Crippen LogP contribution in [0.3, 0.4) is 0 Å². The lowest BCUT2D eigenvalue weighted by Gasteiger charge is -2.21. The van der Waals surface area contributed by atoms with Crippen LogP contribution in [0.15, 0.2) is 24.3 Å². The van der Waals surface area contributed by atoms with Crippen molar-refractivity contribution in [3.8, 4) is 0 Å². The van der Waals surface area contributed by atoms with Gasteiger partial charge >= 0.3 is 39.5 Å². The van der Waals surface area contributed by atoms with Crippen molar-refractivity contribution in [2.45, 2.75) is 418 Å². The Hall–Kier alpha value is -2.46. The van der Waals surface area contributed by atoms with Crippen molar-refractivity contribution in [3.63, 3.8) is 0 Å². The molecule has 0 amide bonds. The number of unbranched alkanes of at least 4 members (excludes halogenated alkanes) is 49. The highest BCUT2D eigenvalue weighted by atomic mass is 31.2. The molecule has 0 saturated carbocycles. The predicted octanol–water partition coefficient (Wildman–Crippen LogP) is 23.3. The SMILES string of the molecule is CCCCCC/C=C\C=C/CCCCCCCC(=O)O[C@H](COC(=O)CCCCCCCCCCCCC)COP(=O)(O)OC[C@H](O)COP(=O)(O)OC[C@@H](COC(=O)CCCCCCCCCCCCCCCCCC)OC(=O)CCCCCCCCCCCCCCCCCC. The molecule has 0 aromatic rings. The maximum Gasteiger partial charge on any atom is 0.472 e. The summed E-state index contributed by atoms with van der Waals surface area (Å²) in [7, 11) is -9.93. The summed E-state index contributed by atoms with van der Waals surface area (Å²) in [5.74, 6) is -2.14. The van der Waals surface area contributed by atoms with Crippen LogP contribution in [0.1, 0.15) is 400 Å². The smallest absolute Gasteiger partial charge is 0.462 e. The zero-order valence-corrected chi connectivity index (χ0v) is 65.0. The van der Waals surface area contributed by atoms with Gasteiger partial charge in [0.25, 0.3) is 0 Å². The van der Waals surface area contributed by atoms with Crippen LogP contribution in [-0.4, -0.2) is 96.7 Å². The van der Waals surface area contributed by atoms with Gasteiger partial charge in [-0.25, -0.2) is 9.13 Å². The van der Waals surface area contributed by atoms with Crippen LogP contribution in [0, 0.1) is 0 Å². The number of carbonyl (C=O) groups excluding carboxylic acids is 4. The average Bonchev–Trinajstić information content (AvgIpc) is 0.993. The summed E-state index contributed by atoms with van der Waals surface area (Å²) < 4.78 is 68.6. The first-order valence-corrected chi connectivity index (χ1v) is 43.6. The zero-order valence-electron chi connectivity index (χ0n) is 63.2. The second-order valence-corrected chi connectivity index (χ2v) is 30.7. The van der Waals surface area contributed by atoms with Gasteiger partial charge in [0.1, 0.15) is 19.3 Å². The number of esters is 4. The maximum absolute atomic E-state index is 13.1. The first-order chi connectivity index (χ1) is 47.7. The van der Waals surface area contributed by atoms with E-state index in [9.17, 15) is 43.2 Å². The second kappa shape index (κ2) is 72.9. The number of aliphatic hydroxyl groups excluding tert-OH is 1. The summed E-state index contributed by atoms with van der Waals surface area (Å²) in [4.78, 5) is 72.9. The zero-order chi connectivity index (χ0) is 71.8. The number of carbonyl (C=O) groups is 4. The van der Waals surface area contributed by atoms with Gasteiger partial charge in [0.2, 0.25) is 0 Å². The lowest BCUT2D eigenvalue weighted by molar-refractivity contribution is -0.161. The highest BCUT2D eigenvalue weighted by Gasteiger charge is 2.30. The molecule has 0 aliphatic rings. The molecule has 0 rings (SSSR count). The normalized spacial score (nSPS) is 14.0. The van der Waals surface area contributed by atoms with E-state index in [1.54, 1.807) is 0 Å². The molecule has 578 valence electrons. The molecule has 2 unspecified atom stereocenters. The Bertz CT molecular complexity index is 1950. The highest BCUT2D eigenvalue weighted by Crippen LogP contribution is 2.45. The Morgan fingerprint density at radius 3 is 0.745 bits per heavy atom. The standard InChI is InChI=1S/C79H150O17P2/c1-5-9-13-17-21-25-29-32-35-38-40-44-48-52-56-60-64-77(82)90-70-75(96-79(84)66-62-58-54-50-46-42-39-36-33-30-26-22-18-14-10-6-2)72-94-98(87,88)92-68-73(80)67-91-97(85,86)93-71-74(69-89-76(81)63-59-55-51-47-43-28-24-20-16-12-8-4)95-78(83)65-61-57-53-49-45-41-37-34-31-27-23-19-15-11-7-3/h27,31,34,37,73-75,80H,5-26,28-30,32-33,35-36,38-72H2,1-4H3,(H,85,86)(H,87,88)/b31-27-,37-34-/t73-,74+,75+/m0/s1. The van der Waals surface area contributed by atoms with Crippen LogP contribution in [0.25, 0.3) is 0 Å². The van der Waals surface area contributed by atoms with E-state index in [1.165, 1.54) is 218 Å². The van der Waals surface area contributed by atoms with Gasteiger partial charge in [0.05, 0.1) is 26.4 Å². The van der Waals surface area contributed by atoms with Crippen molar-refractivity contribution < 1.29 is 80.2 Å². The lowest BCUT2D eigenvalue weighted by atomic mass is 10.0. The first-order valence-electron chi connectivity index (χ1n) is 40.6. The minimum atomic E-state index is -4.96. The molecule has 0 saturated heterocycles. The van der Waals surface area contributed by atoms with Crippen molar-refractivity contribution in [2.24, 2.45) is 0 Å². The van der Waals surface area contributed by atoms with E-state index in [-0.39, 0.29) is 25.7 Å². The molecule has 5 atom stereocenters. The lowest BCUT2D eigenvalue weighted by Crippen LogP contribution is -2.30. The predicted molar refractivity (Wildman–Crippen MR) is 400 cm³/mol. The van der Waals surface area contributed by atoms with Gasteiger partial charge < -0.3 is 33.8 Å². The molecule has 0 aromatic carbocycles. The molecule has 0 heterocycles. The highest BCUT2D eigenvalue weighted by molar-refractivity contribution is 7.47. The van der Waals surface area contributed by atoms with E-state index < -0.39 is 97.5 Å². The summed E-state index contributed by atoms with van der Waals surface area (Å²) in [6.45, 7) is 4.95. The van der Waals surface area contributed by atoms with E-state index in [0.717, 1.165) is 103 Å². The van der Waals surface area contributed by atoms with Crippen LogP contribution in [0.5, 0.6) is 0 Å². The van der Waals surface area contributed by atoms with Crippen molar-refractivity contribution in [3.05, 3.63) is 24.3 Å². The molecular formula is C79H150O17P2. The van der Waals surface area contributed by atoms with Crippen molar-refractivity contribution in [1.29, 1.82) is 0 Å². The largest absolute Gasteiger partial charge is 0.472 e. The molecule has 17 nitrogen and oxygen atoms in total. The molecule has 0 aromatic heterocycles. The summed E-state index contributed by atoms with van der Waals surface area (Å²) in [5, 5.41) is 10.6. The second-order valence-electron chi connectivity index (χ2n) is 27.8. The molecule has 98 heavy (non-hydrogen) atoms. The third-order valence-electron chi connectivity index (χ3n) is 18.0. The van der Waals surface area contributed by atoms with Crippen molar-refractivity contribution in [1.82, 2.24) is 0 Å². The fourth-order valence-corrected chi connectivity index (χ4v) is 13.3. The van der Waals surface area contributed by atoms with Crippen LogP contribution < -0.4 is 0 Å². The minimum absolute atomic E-state index is 0.0859. The molecule has 0 aliphatic heterocycles. The molecule has 0 bridgehead atoms. The van der Waals surface area contributed by atoms with Crippen molar-refractivity contribution in [2.75, 3.05) is 39.6 Å². The number of rotatable bonds is 78. The molecule has 3 N–H and O–H groups in total. The van der Waals surface area contributed by atoms with Gasteiger partial charge in [-0.3, -0.25) is 37.3 Å². The van der Waals surface area contributed by atoms with E-state index in [0.29, 0.717) is 25.7 Å². The van der Waals surface area contributed by atoms with Gasteiger partial charge in [-0.15, -0.1) is 0 Å². The van der Waals surface area contributed by atoms with Crippen LogP contribution in [-0.2, 0) is 65.4 Å². The van der Waals surface area contributed by atoms with Gasteiger partial charge in [-0.2, -0.15) is 0 Å². The molecular weight excluding hydrogens is 1280 g/mol. The quantitative estimate of drug-likeness (QED) is 0.0169. The van der Waals surface area contributed by atoms with Gasteiger partial charge in [0, 0.05) is 25.7 Å². The monoisotopic (exact) mass is 1430 g/mol. The number of phosphoric acid groups is 2. The third kappa shape index (κ3) is 71.9. The average molecular weight is 1430 g/mol. The maximum atomic E-state index is 13.1. The van der Waals surface area contributed by atoms with Crippen molar-refractivity contribution >= 4 is 39.5 Å². The van der Waals surface area contributed by atoms with Crippen LogP contribution in [0.2, 0.25) is 0 Å². The van der Waals surface area contributed by atoms with E-state index in [4.69, 9.17) is 37.0 Å². The topological polar surface area (TPSA) is 237 Å². The molecule has 0 radical (unpaired) electrons. The molecule has 19 heteroatoms. The Morgan fingerprint density at radius 2 is 0.490 bits per heavy atom. The number of ether oxygens (including phenoxy) is 4. The third-order valence-corrected chi connectivity index (χ3v) is 19.9. The Kier molecular flexibility index (Phi) is 71.0. The summed E-state index contributed by atoms with van der Waals surface area (Å²) in [6.07, 6.45) is 67.2. The van der Waals surface area contributed by atoms with Crippen LogP contribution in [0.4, 0.5) is 0 Å².